The van der Waals surface area contributed by atoms with Gasteiger partial charge in [0, 0.05) is 45.2 Å². The number of ketones is 1. The van der Waals surface area contributed by atoms with Gasteiger partial charge in [-0.3, -0.25) is 9.69 Å². The monoisotopic (exact) mass is 577 g/mol. The zero-order valence-electron chi connectivity index (χ0n) is 24.2. The van der Waals surface area contributed by atoms with Crippen LogP contribution >= 0.6 is 11.3 Å². The van der Waals surface area contributed by atoms with E-state index in [1.165, 1.54) is 5.56 Å². The summed E-state index contributed by atoms with van der Waals surface area (Å²) in [4.78, 5) is 17.5. The third-order valence-corrected chi connectivity index (χ3v) is 9.40. The maximum Gasteiger partial charge on any atom is 0.195 e. The summed E-state index contributed by atoms with van der Waals surface area (Å²) < 4.78 is 18.2. The predicted octanol–water partition coefficient (Wildman–Crippen LogP) is 8.42. The zero-order chi connectivity index (χ0) is 29.1. The molecule has 6 heteroatoms. The number of carbonyl (C=O) groups excluding carboxylic acids is 1. The fourth-order valence-electron chi connectivity index (χ4n) is 5.72. The Morgan fingerprint density at radius 1 is 0.810 bits per heavy atom. The summed E-state index contributed by atoms with van der Waals surface area (Å²) in [7, 11) is 3.31. The topological polar surface area (TPSA) is 48.0 Å². The lowest BCUT2D eigenvalue weighted by Crippen LogP contribution is -2.39. The first-order chi connectivity index (χ1) is 20.5. The van der Waals surface area contributed by atoms with Crippen LogP contribution in [0.1, 0.15) is 47.3 Å². The molecule has 42 heavy (non-hydrogen) atoms. The minimum Gasteiger partial charge on any atom is -0.497 e. The van der Waals surface area contributed by atoms with Gasteiger partial charge in [0.15, 0.2) is 5.78 Å². The molecular weight excluding hydrogens is 542 g/mol. The van der Waals surface area contributed by atoms with E-state index in [1.54, 1.807) is 25.6 Å². The highest BCUT2D eigenvalue weighted by atomic mass is 32.1. The van der Waals surface area contributed by atoms with Crippen molar-refractivity contribution in [2.24, 2.45) is 0 Å². The molecule has 0 aliphatic carbocycles. The summed E-state index contributed by atoms with van der Waals surface area (Å²) in [5.74, 6) is 2.34. The van der Waals surface area contributed by atoms with Crippen molar-refractivity contribution in [2.45, 2.75) is 31.9 Å². The lowest BCUT2D eigenvalue weighted by molar-refractivity contribution is 0.0797. The van der Waals surface area contributed by atoms with E-state index < -0.39 is 0 Å². The van der Waals surface area contributed by atoms with E-state index in [-0.39, 0.29) is 11.9 Å². The molecule has 1 unspecified atom stereocenters. The Kier molecular flexibility index (Phi) is 8.27. The van der Waals surface area contributed by atoms with Crippen LogP contribution in [-0.2, 0) is 0 Å². The molecule has 2 heterocycles. The SMILES string of the molecule is COc1ccc(-c2sc3cc(OC)ccc3c2C(=O)c2ccc(OC3CCN(C(C)c4ccccc4)CC3)cc2)cc1. The molecule has 5 aromatic rings. The first-order valence-electron chi connectivity index (χ1n) is 14.4. The molecule has 0 amide bonds. The average molecular weight is 578 g/mol. The van der Waals surface area contributed by atoms with Crippen LogP contribution in [0.15, 0.2) is 97.1 Å². The van der Waals surface area contributed by atoms with Gasteiger partial charge in [-0.15, -0.1) is 11.3 Å². The Labute approximate surface area is 251 Å². The van der Waals surface area contributed by atoms with Crippen molar-refractivity contribution < 1.29 is 19.0 Å². The quantitative estimate of drug-likeness (QED) is 0.165. The van der Waals surface area contributed by atoms with E-state index in [2.05, 4.69) is 42.2 Å². The molecule has 5 nitrogen and oxygen atoms in total. The molecular formula is C36H35NO4S. The molecule has 0 radical (unpaired) electrons. The molecule has 1 fully saturated rings. The van der Waals surface area contributed by atoms with E-state index in [4.69, 9.17) is 14.2 Å². The highest BCUT2D eigenvalue weighted by molar-refractivity contribution is 7.22. The number of benzene rings is 4. The third-order valence-electron chi connectivity index (χ3n) is 8.20. The fourth-order valence-corrected chi connectivity index (χ4v) is 6.95. The van der Waals surface area contributed by atoms with Gasteiger partial charge >= 0.3 is 0 Å². The Hall–Kier alpha value is -4.13. The molecule has 0 saturated carbocycles. The standard InChI is InChI=1S/C36H35NO4S/c1-24(25-7-5-4-6-8-25)37-21-19-30(20-22-37)41-29-15-9-26(10-16-29)35(38)34-32-18-17-31(40-3)23-33(32)42-36(34)27-11-13-28(39-2)14-12-27/h4-18,23-24,30H,19-22H2,1-3H3. The number of rotatable bonds is 9. The molecule has 0 N–H and O–H groups in total. The number of likely N-dealkylation sites (tertiary alicyclic amines) is 1. The summed E-state index contributed by atoms with van der Waals surface area (Å²) in [5, 5.41) is 0.924. The molecule has 214 valence electrons. The number of piperidine rings is 1. The van der Waals surface area contributed by atoms with Gasteiger partial charge in [0.05, 0.1) is 14.2 Å². The highest BCUT2D eigenvalue weighted by Gasteiger charge is 2.25. The largest absolute Gasteiger partial charge is 0.497 e. The van der Waals surface area contributed by atoms with Crippen LogP contribution in [0, 0.1) is 0 Å². The third kappa shape index (κ3) is 5.78. The van der Waals surface area contributed by atoms with Crippen LogP contribution in [0.2, 0.25) is 0 Å². The molecule has 6 rings (SSSR count). The zero-order valence-corrected chi connectivity index (χ0v) is 25.0. The van der Waals surface area contributed by atoms with Gasteiger partial charge in [-0.2, -0.15) is 0 Å². The smallest absolute Gasteiger partial charge is 0.195 e. The molecule has 1 aliphatic heterocycles. The van der Waals surface area contributed by atoms with Crippen molar-refractivity contribution in [1.82, 2.24) is 4.90 Å². The first kappa shape index (κ1) is 28.0. The maximum atomic E-state index is 14.0. The molecule has 1 aliphatic rings. The minimum absolute atomic E-state index is 0.00741. The van der Waals surface area contributed by atoms with E-state index in [0.29, 0.717) is 17.2 Å². The van der Waals surface area contributed by atoms with Gasteiger partial charge in [-0.25, -0.2) is 0 Å². The predicted molar refractivity (Wildman–Crippen MR) is 170 cm³/mol. The van der Waals surface area contributed by atoms with Crippen molar-refractivity contribution in [2.75, 3.05) is 27.3 Å². The number of methoxy groups -OCH3 is 2. The lowest BCUT2D eigenvalue weighted by Gasteiger charge is -2.36. The molecule has 0 spiro atoms. The van der Waals surface area contributed by atoms with E-state index in [9.17, 15) is 4.79 Å². The summed E-state index contributed by atoms with van der Waals surface area (Å²) in [6.07, 6.45) is 2.13. The molecule has 0 bridgehead atoms. The van der Waals surface area contributed by atoms with Crippen molar-refractivity contribution in [3.8, 4) is 27.7 Å². The Bertz CT molecular complexity index is 1650. The lowest BCUT2D eigenvalue weighted by atomic mass is 9.97. The second-order valence-electron chi connectivity index (χ2n) is 10.7. The first-order valence-corrected chi connectivity index (χ1v) is 15.2. The number of hydrogen-bond acceptors (Lipinski definition) is 6. The van der Waals surface area contributed by atoms with Gasteiger partial charge in [-0.05, 0) is 97.6 Å². The van der Waals surface area contributed by atoms with Crippen LogP contribution < -0.4 is 14.2 Å². The van der Waals surface area contributed by atoms with E-state index >= 15 is 0 Å². The van der Waals surface area contributed by atoms with Crippen molar-refractivity contribution in [3.63, 3.8) is 0 Å². The molecule has 1 atom stereocenters. The van der Waals surface area contributed by atoms with Crippen LogP contribution in [0.3, 0.4) is 0 Å². The van der Waals surface area contributed by atoms with Crippen LogP contribution in [0.25, 0.3) is 20.5 Å². The number of hydrogen-bond donors (Lipinski definition) is 0. The van der Waals surface area contributed by atoms with Crippen molar-refractivity contribution in [3.05, 3.63) is 114 Å². The number of nitrogens with zero attached hydrogens (tertiary/aromatic N) is 1. The highest BCUT2D eigenvalue weighted by Crippen LogP contribution is 2.41. The average Bonchev–Trinajstić information content (AvgIpc) is 3.44. The molecule has 4 aromatic carbocycles. The van der Waals surface area contributed by atoms with Crippen LogP contribution in [0.4, 0.5) is 0 Å². The second kappa shape index (κ2) is 12.4. The van der Waals surface area contributed by atoms with E-state index in [1.807, 2.05) is 66.7 Å². The number of carbonyl (C=O) groups is 1. The van der Waals surface area contributed by atoms with Crippen LogP contribution in [0.5, 0.6) is 17.2 Å². The van der Waals surface area contributed by atoms with Gasteiger partial charge in [0.25, 0.3) is 0 Å². The number of thiophene rings is 1. The minimum atomic E-state index is -0.00741. The fraction of sp³-hybridized carbons (Fsp3) is 0.250. The Balaban J connectivity index is 1.19. The number of ether oxygens (including phenoxy) is 3. The summed E-state index contributed by atoms with van der Waals surface area (Å²) >= 11 is 1.60. The van der Waals surface area contributed by atoms with E-state index in [0.717, 1.165) is 63.7 Å². The summed E-state index contributed by atoms with van der Waals surface area (Å²) in [6.45, 7) is 4.28. The van der Waals surface area contributed by atoms with Crippen LogP contribution in [-0.4, -0.2) is 44.1 Å². The van der Waals surface area contributed by atoms with Gasteiger partial charge < -0.3 is 14.2 Å². The molecule has 1 aromatic heterocycles. The second-order valence-corrected chi connectivity index (χ2v) is 11.7. The van der Waals surface area contributed by atoms with Gasteiger partial charge in [-0.1, -0.05) is 30.3 Å². The summed E-state index contributed by atoms with van der Waals surface area (Å²) in [6, 6.07) is 32.4. The normalized spacial score (nSPS) is 14.9. The Morgan fingerprint density at radius 3 is 2.12 bits per heavy atom. The van der Waals surface area contributed by atoms with Crippen molar-refractivity contribution >= 4 is 27.2 Å². The van der Waals surface area contributed by atoms with Gasteiger partial charge in [0.1, 0.15) is 23.4 Å². The van der Waals surface area contributed by atoms with Crippen molar-refractivity contribution in [1.29, 1.82) is 0 Å². The molecule has 1 saturated heterocycles. The maximum absolute atomic E-state index is 14.0. The van der Waals surface area contributed by atoms with Gasteiger partial charge in [0.2, 0.25) is 0 Å². The summed E-state index contributed by atoms with van der Waals surface area (Å²) in [5.41, 5.74) is 3.67. The number of fused-ring (bicyclic) bond motifs is 1. The Morgan fingerprint density at radius 2 is 1.45 bits per heavy atom.